The van der Waals surface area contributed by atoms with E-state index in [4.69, 9.17) is 11.6 Å². The van der Waals surface area contributed by atoms with Crippen LogP contribution in [0.1, 0.15) is 38.1 Å². The third-order valence-corrected chi connectivity index (χ3v) is 9.74. The van der Waals surface area contributed by atoms with Crippen molar-refractivity contribution in [3.05, 3.63) is 58.3 Å². The zero-order valence-corrected chi connectivity index (χ0v) is 21.9. The number of halogens is 5. The van der Waals surface area contributed by atoms with E-state index in [0.717, 1.165) is 34.2 Å². The number of hydrogen-bond donors (Lipinski definition) is 0. The first-order valence-electron chi connectivity index (χ1n) is 11.1. The van der Waals surface area contributed by atoms with Gasteiger partial charge < -0.3 is 0 Å². The second-order valence-corrected chi connectivity index (χ2v) is 12.5. The van der Waals surface area contributed by atoms with Gasteiger partial charge in [-0.2, -0.15) is 13.1 Å². The quantitative estimate of drug-likeness (QED) is 0.342. The molecule has 3 aromatic rings. The van der Waals surface area contributed by atoms with Crippen LogP contribution in [0.4, 0.5) is 17.6 Å². The van der Waals surface area contributed by atoms with Gasteiger partial charge in [-0.15, -0.1) is 11.3 Å². The molecule has 1 aliphatic rings. The molecule has 3 atom stereocenters. The number of aromatic nitrogens is 3. The van der Waals surface area contributed by atoms with Crippen LogP contribution in [0.3, 0.4) is 0 Å². The number of carbonyl (C=O) groups is 1. The van der Waals surface area contributed by atoms with Crippen molar-refractivity contribution < 1.29 is 30.8 Å². The molecule has 3 aromatic heterocycles. The molecule has 1 aliphatic heterocycles. The number of hydrogen-bond acceptors (Lipinski definition) is 7. The lowest BCUT2D eigenvalue weighted by molar-refractivity contribution is -0.122. The summed E-state index contributed by atoms with van der Waals surface area (Å²) >= 11 is 6.67. The van der Waals surface area contributed by atoms with Crippen molar-refractivity contribution in [3.8, 4) is 11.3 Å². The summed E-state index contributed by atoms with van der Waals surface area (Å²) in [5.74, 6) is -5.18. The Morgan fingerprint density at radius 1 is 1.22 bits per heavy atom. The van der Waals surface area contributed by atoms with Gasteiger partial charge in [-0.1, -0.05) is 11.6 Å². The molecule has 14 heteroatoms. The van der Waals surface area contributed by atoms with Crippen molar-refractivity contribution in [2.24, 2.45) is 0 Å². The average Bonchev–Trinajstić information content (AvgIpc) is 3.41. The Morgan fingerprint density at radius 3 is 2.49 bits per heavy atom. The predicted octanol–water partition coefficient (Wildman–Crippen LogP) is 5.20. The molecular weight excluding hydrogens is 556 g/mol. The lowest BCUT2D eigenvalue weighted by Gasteiger charge is -2.26. The molecule has 0 aliphatic carbocycles. The highest BCUT2D eigenvalue weighted by Crippen LogP contribution is 2.37. The molecule has 0 N–H and O–H groups in total. The van der Waals surface area contributed by atoms with E-state index in [1.54, 1.807) is 0 Å². The van der Waals surface area contributed by atoms with Crippen LogP contribution in [-0.2, 0) is 27.2 Å². The van der Waals surface area contributed by atoms with Crippen LogP contribution in [-0.4, -0.2) is 51.7 Å². The van der Waals surface area contributed by atoms with Gasteiger partial charge in [0.2, 0.25) is 0 Å². The lowest BCUT2D eigenvalue weighted by Crippen LogP contribution is -2.44. The number of rotatable bonds is 8. The first kappa shape index (κ1) is 27.6. The summed E-state index contributed by atoms with van der Waals surface area (Å²) in [5.41, 5.74) is 0.551. The van der Waals surface area contributed by atoms with Crippen LogP contribution in [0.5, 0.6) is 0 Å². The van der Waals surface area contributed by atoms with Crippen LogP contribution in [0.15, 0.2) is 41.0 Å². The topological polar surface area (TPSA) is 93.1 Å². The summed E-state index contributed by atoms with van der Waals surface area (Å²) in [6.07, 6.45) is 0.942. The summed E-state index contributed by atoms with van der Waals surface area (Å²) in [6.45, 7) is 2.05. The molecule has 1 saturated heterocycles. The zero-order chi connectivity index (χ0) is 27.1. The van der Waals surface area contributed by atoms with Crippen molar-refractivity contribution in [2.45, 2.75) is 61.5 Å². The van der Waals surface area contributed by atoms with E-state index < -0.39 is 51.6 Å². The number of carbonyl (C=O) groups excluding carboxylic acids is 1. The van der Waals surface area contributed by atoms with Crippen LogP contribution in [0.25, 0.3) is 11.3 Å². The van der Waals surface area contributed by atoms with Crippen molar-refractivity contribution in [1.29, 1.82) is 0 Å². The van der Waals surface area contributed by atoms with Crippen molar-refractivity contribution in [2.75, 3.05) is 0 Å². The first-order valence-corrected chi connectivity index (χ1v) is 13.7. The number of aryl methyl sites for hydroxylation is 1. The minimum atomic E-state index is -4.19. The van der Waals surface area contributed by atoms with Gasteiger partial charge >= 0.3 is 5.92 Å². The maximum absolute atomic E-state index is 14.6. The fraction of sp³-hybridized carbons (Fsp3) is 0.391. The molecule has 0 aromatic carbocycles. The number of nitrogens with zero attached hydrogens (tertiary/aromatic N) is 4. The fourth-order valence-electron chi connectivity index (χ4n) is 4.10. The van der Waals surface area contributed by atoms with Crippen molar-refractivity contribution in [1.82, 2.24) is 19.3 Å². The molecule has 0 spiro atoms. The summed E-state index contributed by atoms with van der Waals surface area (Å²) in [4.78, 5) is 24.3. The standard InChI is InChI=1S/C23H21ClF4N4O3S2/c1-12-15(25)8-18(32(12)37(34,35)21-6-5-20(24)36-21)19(33)4-3-13-7-17(29-11-16(13)26)14-9-30-22(31-10-14)23(2,27)28/h5-7,9-12,15,18H,3-4,8H2,1-2H3/t12-,15+,18-/m0/s1. The second-order valence-electron chi connectivity index (χ2n) is 8.71. The molecule has 7 nitrogen and oxygen atoms in total. The monoisotopic (exact) mass is 576 g/mol. The number of Topliss-reactive ketones (excluding diaryl/α,β-unsaturated/α-hetero) is 1. The largest absolute Gasteiger partial charge is 0.303 e. The van der Waals surface area contributed by atoms with Crippen LogP contribution < -0.4 is 0 Å². The highest BCUT2D eigenvalue weighted by Gasteiger charge is 2.49. The van der Waals surface area contributed by atoms with E-state index >= 15 is 0 Å². The number of thiophene rings is 1. The number of pyridine rings is 1. The zero-order valence-electron chi connectivity index (χ0n) is 19.5. The molecule has 0 radical (unpaired) electrons. The Balaban J connectivity index is 1.53. The van der Waals surface area contributed by atoms with Gasteiger partial charge in [-0.3, -0.25) is 9.78 Å². The summed E-state index contributed by atoms with van der Waals surface area (Å²) < 4.78 is 83.1. The van der Waals surface area contributed by atoms with Gasteiger partial charge in [0, 0.05) is 37.7 Å². The summed E-state index contributed by atoms with van der Waals surface area (Å²) in [5, 5.41) is 0. The molecular formula is C23H21ClF4N4O3S2. The first-order chi connectivity index (χ1) is 17.3. The Kier molecular flexibility index (Phi) is 7.71. The smallest absolute Gasteiger partial charge is 0.298 e. The van der Waals surface area contributed by atoms with E-state index in [2.05, 4.69) is 15.0 Å². The molecule has 0 saturated carbocycles. The summed E-state index contributed by atoms with van der Waals surface area (Å²) in [7, 11) is -4.19. The van der Waals surface area contributed by atoms with Crippen molar-refractivity contribution >= 4 is 38.7 Å². The minimum Gasteiger partial charge on any atom is -0.298 e. The molecule has 0 unspecified atom stereocenters. The predicted molar refractivity (Wildman–Crippen MR) is 129 cm³/mol. The van der Waals surface area contributed by atoms with E-state index in [1.165, 1.54) is 25.1 Å². The highest BCUT2D eigenvalue weighted by atomic mass is 35.5. The van der Waals surface area contributed by atoms with Crippen molar-refractivity contribution in [3.63, 3.8) is 0 Å². The van der Waals surface area contributed by atoms with Gasteiger partial charge in [-0.05, 0) is 37.1 Å². The molecule has 1 fully saturated rings. The third kappa shape index (κ3) is 5.69. The molecule has 198 valence electrons. The maximum atomic E-state index is 14.6. The van der Waals surface area contributed by atoms with E-state index in [-0.39, 0.29) is 44.6 Å². The Hall–Kier alpha value is -2.48. The van der Waals surface area contributed by atoms with Crippen LogP contribution in [0.2, 0.25) is 4.34 Å². The molecule has 0 amide bonds. The van der Waals surface area contributed by atoms with Gasteiger partial charge in [0.25, 0.3) is 10.0 Å². The second kappa shape index (κ2) is 10.4. The van der Waals surface area contributed by atoms with Gasteiger partial charge in [0.05, 0.1) is 28.3 Å². The van der Waals surface area contributed by atoms with E-state index in [9.17, 15) is 30.8 Å². The molecule has 4 heterocycles. The van der Waals surface area contributed by atoms with Gasteiger partial charge in [0.15, 0.2) is 11.6 Å². The summed E-state index contributed by atoms with van der Waals surface area (Å²) in [6, 6.07) is 1.72. The Morgan fingerprint density at radius 2 is 1.89 bits per heavy atom. The average molecular weight is 577 g/mol. The SMILES string of the molecule is C[C@H]1[C@H](F)C[C@@H](C(=O)CCc2cc(-c3cnc(C(C)(F)F)nc3)ncc2F)N1S(=O)(=O)c1ccc(Cl)s1. The number of ketones is 1. The normalized spacial score (nSPS) is 20.9. The van der Waals surface area contributed by atoms with Gasteiger partial charge in [-0.25, -0.2) is 27.2 Å². The van der Waals surface area contributed by atoms with Crippen LogP contribution in [0, 0.1) is 5.82 Å². The Bertz CT molecular complexity index is 1410. The molecule has 37 heavy (non-hydrogen) atoms. The lowest BCUT2D eigenvalue weighted by atomic mass is 10.0. The minimum absolute atomic E-state index is 0.0885. The molecule has 4 rings (SSSR count). The maximum Gasteiger partial charge on any atom is 0.303 e. The fourth-order valence-corrected chi connectivity index (χ4v) is 7.52. The van der Waals surface area contributed by atoms with E-state index in [1.807, 2.05) is 0 Å². The molecule has 0 bridgehead atoms. The number of alkyl halides is 3. The third-order valence-electron chi connectivity index (χ3n) is 6.05. The highest BCUT2D eigenvalue weighted by molar-refractivity contribution is 7.91. The number of sulfonamides is 1. The van der Waals surface area contributed by atoms with Crippen LogP contribution >= 0.6 is 22.9 Å². The van der Waals surface area contributed by atoms with Gasteiger partial charge in [0.1, 0.15) is 16.2 Å². The Labute approximate surface area is 219 Å². The van der Waals surface area contributed by atoms with E-state index in [0.29, 0.717) is 6.92 Å².